The molecule has 0 saturated heterocycles. The molecule has 2 rings (SSSR count). The fourth-order valence-corrected chi connectivity index (χ4v) is 3.69. The van der Waals surface area contributed by atoms with E-state index in [9.17, 15) is 8.42 Å². The number of nitrogens with zero attached hydrogens (tertiary/aromatic N) is 4. The average molecular weight is 325 g/mol. The molecule has 0 bridgehead atoms. The molecule has 0 radical (unpaired) electrons. The average Bonchev–Trinajstić information content (AvgIpc) is 2.73. The number of sulfonamides is 1. The predicted octanol–water partition coefficient (Wildman–Crippen LogP) is 0.882. The Bertz CT molecular complexity index is 795. The molecule has 2 aromatic heterocycles. The highest BCUT2D eigenvalue weighted by molar-refractivity contribution is 7.89. The second-order valence-electron chi connectivity index (χ2n) is 6.38. The normalized spacial score (nSPS) is 13.2. The summed E-state index contributed by atoms with van der Waals surface area (Å²) in [6.45, 7) is 6.46. The van der Waals surface area contributed by atoms with Crippen LogP contribution in [0.5, 0.6) is 0 Å². The Morgan fingerprint density at radius 2 is 2.05 bits per heavy atom. The number of aromatic nitrogens is 3. The van der Waals surface area contributed by atoms with Crippen LogP contribution in [0.3, 0.4) is 0 Å². The Balaban J connectivity index is 2.43. The van der Waals surface area contributed by atoms with Crippen LogP contribution in [0.25, 0.3) is 11.0 Å². The van der Waals surface area contributed by atoms with Gasteiger partial charge in [0.05, 0.1) is 5.69 Å². The van der Waals surface area contributed by atoms with E-state index in [0.29, 0.717) is 18.7 Å². The lowest BCUT2D eigenvalue weighted by Gasteiger charge is -2.28. The van der Waals surface area contributed by atoms with Crippen LogP contribution >= 0.6 is 0 Å². The summed E-state index contributed by atoms with van der Waals surface area (Å²) in [5, 5.41) is 5.01. The number of hydrogen-bond acceptors (Lipinski definition) is 5. The minimum Gasteiger partial charge on any atom is -0.330 e. The first kappa shape index (κ1) is 16.9. The van der Waals surface area contributed by atoms with E-state index < -0.39 is 10.0 Å². The number of aryl methyl sites for hydroxylation is 2. The molecule has 0 amide bonds. The van der Waals surface area contributed by atoms with Crippen LogP contribution in [0, 0.1) is 12.3 Å². The summed E-state index contributed by atoms with van der Waals surface area (Å²) in [6.07, 6.45) is 1.38. The second-order valence-corrected chi connectivity index (χ2v) is 8.43. The van der Waals surface area contributed by atoms with Crippen molar-refractivity contribution in [3.8, 4) is 0 Å². The quantitative estimate of drug-likeness (QED) is 0.881. The molecule has 2 heterocycles. The third-order valence-electron chi connectivity index (χ3n) is 3.75. The van der Waals surface area contributed by atoms with Gasteiger partial charge in [-0.3, -0.25) is 4.68 Å². The molecular weight excluding hydrogens is 302 g/mol. The van der Waals surface area contributed by atoms with Gasteiger partial charge in [0.1, 0.15) is 4.90 Å². The standard InChI is InChI=1S/C14H23N5O2S/c1-10-12-6-11(7-16-13(12)19(5)17-10)22(20,21)18(4)9-14(2,3)8-15/h6-7H,8-9,15H2,1-5H3. The molecule has 0 aromatic carbocycles. The summed E-state index contributed by atoms with van der Waals surface area (Å²) in [7, 11) is -0.256. The monoisotopic (exact) mass is 325 g/mol. The molecule has 8 heteroatoms. The molecule has 122 valence electrons. The highest BCUT2D eigenvalue weighted by Gasteiger charge is 2.28. The van der Waals surface area contributed by atoms with E-state index >= 15 is 0 Å². The molecule has 2 N–H and O–H groups in total. The Hall–Kier alpha value is -1.51. The van der Waals surface area contributed by atoms with Crippen LogP contribution in [0.1, 0.15) is 19.5 Å². The lowest BCUT2D eigenvalue weighted by molar-refractivity contribution is 0.292. The van der Waals surface area contributed by atoms with E-state index in [1.54, 1.807) is 24.8 Å². The van der Waals surface area contributed by atoms with Gasteiger partial charge < -0.3 is 5.73 Å². The predicted molar refractivity (Wildman–Crippen MR) is 85.9 cm³/mol. The van der Waals surface area contributed by atoms with Gasteiger partial charge in [-0.1, -0.05) is 13.8 Å². The van der Waals surface area contributed by atoms with E-state index in [1.807, 2.05) is 20.8 Å². The summed E-state index contributed by atoms with van der Waals surface area (Å²) >= 11 is 0. The largest absolute Gasteiger partial charge is 0.330 e. The van der Waals surface area contributed by atoms with Crippen molar-refractivity contribution in [2.75, 3.05) is 20.1 Å². The molecule has 22 heavy (non-hydrogen) atoms. The molecule has 0 unspecified atom stereocenters. The summed E-state index contributed by atoms with van der Waals surface area (Å²) in [5.41, 5.74) is 6.83. The Morgan fingerprint density at radius 3 is 2.64 bits per heavy atom. The van der Waals surface area contributed by atoms with Gasteiger partial charge in [0, 0.05) is 32.2 Å². The zero-order valence-electron chi connectivity index (χ0n) is 13.7. The first-order valence-corrected chi connectivity index (χ1v) is 8.48. The van der Waals surface area contributed by atoms with Crippen LogP contribution in [0.4, 0.5) is 0 Å². The fourth-order valence-electron chi connectivity index (χ4n) is 2.36. The molecule has 7 nitrogen and oxygen atoms in total. The first-order valence-electron chi connectivity index (χ1n) is 7.04. The highest BCUT2D eigenvalue weighted by Crippen LogP contribution is 2.23. The SMILES string of the molecule is Cc1nn(C)c2ncc(S(=O)(=O)N(C)CC(C)(C)CN)cc12. The Kier molecular flexibility index (Phi) is 4.29. The molecule has 0 fully saturated rings. The van der Waals surface area contributed by atoms with Gasteiger partial charge in [0.15, 0.2) is 5.65 Å². The summed E-state index contributed by atoms with van der Waals surface area (Å²) in [4.78, 5) is 4.41. The van der Waals surface area contributed by atoms with E-state index in [1.165, 1.54) is 10.5 Å². The number of fused-ring (bicyclic) bond motifs is 1. The van der Waals surface area contributed by atoms with Crippen LogP contribution in [-0.2, 0) is 17.1 Å². The fraction of sp³-hybridized carbons (Fsp3) is 0.571. The van der Waals surface area contributed by atoms with Crippen LogP contribution in [0.15, 0.2) is 17.2 Å². The maximum atomic E-state index is 12.7. The number of hydrogen-bond donors (Lipinski definition) is 1. The zero-order chi connectivity index (χ0) is 16.7. The summed E-state index contributed by atoms with van der Waals surface area (Å²) in [6, 6.07) is 1.63. The van der Waals surface area contributed by atoms with Crippen molar-refractivity contribution in [3.63, 3.8) is 0 Å². The van der Waals surface area contributed by atoms with Gasteiger partial charge in [-0.25, -0.2) is 17.7 Å². The van der Waals surface area contributed by atoms with Crippen LogP contribution in [0.2, 0.25) is 0 Å². The van der Waals surface area contributed by atoms with Gasteiger partial charge >= 0.3 is 0 Å². The van der Waals surface area contributed by atoms with Crippen molar-refractivity contribution in [1.29, 1.82) is 0 Å². The van der Waals surface area contributed by atoms with E-state index in [0.717, 1.165) is 11.1 Å². The first-order chi connectivity index (χ1) is 10.1. The number of rotatable bonds is 5. The molecule has 0 spiro atoms. The van der Waals surface area contributed by atoms with Crippen molar-refractivity contribution in [2.24, 2.45) is 18.2 Å². The van der Waals surface area contributed by atoms with Crippen molar-refractivity contribution in [2.45, 2.75) is 25.7 Å². The van der Waals surface area contributed by atoms with E-state index in [4.69, 9.17) is 5.73 Å². The molecular formula is C14H23N5O2S. The molecule has 0 saturated carbocycles. The van der Waals surface area contributed by atoms with Gasteiger partial charge in [-0.05, 0) is 24.9 Å². The summed E-state index contributed by atoms with van der Waals surface area (Å²) in [5.74, 6) is 0. The molecule has 0 aliphatic carbocycles. The van der Waals surface area contributed by atoms with Crippen molar-refractivity contribution >= 4 is 21.1 Å². The van der Waals surface area contributed by atoms with Gasteiger partial charge in [-0.15, -0.1) is 0 Å². The molecule has 0 aliphatic rings. The van der Waals surface area contributed by atoms with Gasteiger partial charge in [0.25, 0.3) is 0 Å². The van der Waals surface area contributed by atoms with Crippen LogP contribution < -0.4 is 5.73 Å². The van der Waals surface area contributed by atoms with Crippen molar-refractivity contribution in [1.82, 2.24) is 19.1 Å². The van der Waals surface area contributed by atoms with Crippen molar-refractivity contribution in [3.05, 3.63) is 18.0 Å². The highest BCUT2D eigenvalue weighted by atomic mass is 32.2. The zero-order valence-corrected chi connectivity index (χ0v) is 14.5. The van der Waals surface area contributed by atoms with Crippen molar-refractivity contribution < 1.29 is 8.42 Å². The topological polar surface area (TPSA) is 94.1 Å². The number of nitrogens with two attached hydrogens (primary N) is 1. The third kappa shape index (κ3) is 2.99. The smallest absolute Gasteiger partial charge is 0.244 e. The second kappa shape index (κ2) is 5.60. The molecule has 0 aliphatic heterocycles. The lowest BCUT2D eigenvalue weighted by atomic mass is 9.94. The minimum atomic E-state index is -3.60. The maximum Gasteiger partial charge on any atom is 0.244 e. The molecule has 0 atom stereocenters. The maximum absolute atomic E-state index is 12.7. The summed E-state index contributed by atoms with van der Waals surface area (Å²) < 4.78 is 28.4. The third-order valence-corrected chi connectivity index (χ3v) is 5.52. The minimum absolute atomic E-state index is 0.173. The number of pyridine rings is 1. The molecule has 2 aromatic rings. The van der Waals surface area contributed by atoms with Gasteiger partial charge in [-0.2, -0.15) is 5.10 Å². The van der Waals surface area contributed by atoms with Gasteiger partial charge in [0.2, 0.25) is 10.0 Å². The Morgan fingerprint density at radius 1 is 1.41 bits per heavy atom. The van der Waals surface area contributed by atoms with Crippen LogP contribution in [-0.4, -0.2) is 47.6 Å². The lowest BCUT2D eigenvalue weighted by Crippen LogP contribution is -2.39. The van der Waals surface area contributed by atoms with E-state index in [2.05, 4.69) is 10.1 Å². The Labute approximate surface area is 131 Å². The van der Waals surface area contributed by atoms with E-state index in [-0.39, 0.29) is 10.3 Å².